The average molecular weight is 537 g/mol. The lowest BCUT2D eigenvalue weighted by molar-refractivity contribution is 0.644. The van der Waals surface area contributed by atoms with Crippen LogP contribution in [0.25, 0.3) is 23.2 Å². The Kier molecular flexibility index (Phi) is 8.69. The number of allylic oxidation sites excluding steroid dienone is 2. The fourth-order valence-electron chi connectivity index (χ4n) is 5.19. The summed E-state index contributed by atoms with van der Waals surface area (Å²) < 4.78 is 4.19. The number of nitriles is 2. The third-order valence-corrected chi connectivity index (χ3v) is 7.08. The Labute approximate surface area is 232 Å². The summed E-state index contributed by atoms with van der Waals surface area (Å²) in [6, 6.07) is 4.48. The number of hydrogen-bond acceptors (Lipinski definition) is 7. The number of aryl methyl sites for hydroxylation is 1. The molecule has 3 aromatic rings. The maximum atomic E-state index is 14.1. The minimum atomic E-state index is -0.589. The lowest BCUT2D eigenvalue weighted by Crippen LogP contribution is -2.41. The van der Waals surface area contributed by atoms with Crippen LogP contribution in [0.2, 0.25) is 0 Å². The molecule has 0 unspecified atom stereocenters. The van der Waals surface area contributed by atoms with Gasteiger partial charge in [0.05, 0.1) is 29.9 Å². The van der Waals surface area contributed by atoms with Crippen molar-refractivity contribution in [2.45, 2.75) is 40.3 Å². The molecule has 4 heterocycles. The number of fused-ring (bicyclic) bond motifs is 1. The van der Waals surface area contributed by atoms with Crippen molar-refractivity contribution in [3.05, 3.63) is 66.4 Å². The van der Waals surface area contributed by atoms with Crippen molar-refractivity contribution in [3.8, 4) is 24.0 Å². The first-order valence-corrected chi connectivity index (χ1v) is 13.2. The number of rotatable bonds is 5. The van der Waals surface area contributed by atoms with E-state index in [1.807, 2.05) is 38.2 Å². The summed E-state index contributed by atoms with van der Waals surface area (Å²) in [7, 11) is 1.56. The second-order valence-corrected chi connectivity index (χ2v) is 9.39. The predicted molar refractivity (Wildman–Crippen MR) is 156 cm³/mol. The van der Waals surface area contributed by atoms with E-state index < -0.39 is 11.2 Å². The summed E-state index contributed by atoms with van der Waals surface area (Å²) in [4.78, 5) is 34.3. The molecule has 0 atom stereocenters. The Bertz CT molecular complexity index is 1870. The summed E-state index contributed by atoms with van der Waals surface area (Å²) in [6.07, 6.45) is 9.92. The van der Waals surface area contributed by atoms with Crippen LogP contribution < -0.4 is 31.9 Å². The van der Waals surface area contributed by atoms with Crippen molar-refractivity contribution >= 4 is 29.0 Å². The van der Waals surface area contributed by atoms with Crippen LogP contribution in [-0.2, 0) is 20.1 Å². The first-order chi connectivity index (χ1) is 19.4. The van der Waals surface area contributed by atoms with E-state index in [0.717, 1.165) is 29.3 Å². The molecule has 1 fully saturated rings. The summed E-state index contributed by atoms with van der Waals surface area (Å²) in [5.41, 5.74) is 0.271. The van der Waals surface area contributed by atoms with E-state index in [-0.39, 0.29) is 29.7 Å². The van der Waals surface area contributed by atoms with Gasteiger partial charge >= 0.3 is 5.69 Å². The highest BCUT2D eigenvalue weighted by atomic mass is 16.2. The van der Waals surface area contributed by atoms with Gasteiger partial charge in [-0.25, -0.2) is 4.79 Å². The molecule has 0 aliphatic carbocycles. The fraction of sp³-hybridized carbons (Fsp3) is 0.367. The van der Waals surface area contributed by atoms with Crippen LogP contribution >= 0.6 is 0 Å². The SMILES string of the molecule is CC#CCn1c(N2CCCNCC2)c(C#N)c2c1c(=O)n(Cc1ncc(=C/C=C\C)/c(=C\C)c1C#N)c(=O)n2C. The zero-order valence-corrected chi connectivity index (χ0v) is 23.3. The topological polar surface area (TPSA) is 125 Å². The van der Waals surface area contributed by atoms with Crippen molar-refractivity contribution < 1.29 is 0 Å². The molecule has 0 aromatic carbocycles. The minimum absolute atomic E-state index is 0.188. The van der Waals surface area contributed by atoms with Gasteiger partial charge in [0, 0.05) is 38.1 Å². The Morgan fingerprint density at radius 2 is 1.85 bits per heavy atom. The van der Waals surface area contributed by atoms with Crippen LogP contribution in [0, 0.1) is 34.5 Å². The van der Waals surface area contributed by atoms with Gasteiger partial charge in [-0.1, -0.05) is 30.2 Å². The first-order valence-electron chi connectivity index (χ1n) is 13.2. The third kappa shape index (κ3) is 4.96. The number of anilines is 1. The molecular formula is C30H32N8O2. The molecule has 3 aromatic heterocycles. The molecule has 0 saturated carbocycles. The molecule has 4 rings (SSSR count). The largest absolute Gasteiger partial charge is 0.355 e. The summed E-state index contributed by atoms with van der Waals surface area (Å²) in [5, 5.41) is 25.1. The van der Waals surface area contributed by atoms with Crippen molar-refractivity contribution in [2.75, 3.05) is 31.1 Å². The standard InChI is InChI=1S/C30H32N8O2/c1-5-8-11-21-19-34-25(23(17-31)22(21)7-3)20-38-29(39)27-26(35(4)30(38)40)24(18-32)28(37(27)15-9-6-2)36-14-10-12-33-13-16-36/h5,7-8,11,19,33H,10,12-16,20H2,1-4H3/b8-5-,21-11-,22-7+. The lowest BCUT2D eigenvalue weighted by Gasteiger charge is -2.24. The van der Waals surface area contributed by atoms with Crippen molar-refractivity contribution in [1.82, 2.24) is 24.0 Å². The molecule has 10 nitrogen and oxygen atoms in total. The van der Waals surface area contributed by atoms with Crippen molar-refractivity contribution in [3.63, 3.8) is 0 Å². The maximum Gasteiger partial charge on any atom is 0.331 e. The van der Waals surface area contributed by atoms with Gasteiger partial charge in [0.2, 0.25) is 0 Å². The van der Waals surface area contributed by atoms with E-state index in [4.69, 9.17) is 0 Å². The van der Waals surface area contributed by atoms with Crippen LogP contribution in [0.1, 0.15) is 44.0 Å². The van der Waals surface area contributed by atoms with Gasteiger partial charge in [-0.15, -0.1) is 5.92 Å². The van der Waals surface area contributed by atoms with E-state index in [1.54, 1.807) is 24.7 Å². The van der Waals surface area contributed by atoms with Crippen molar-refractivity contribution in [1.29, 1.82) is 10.5 Å². The van der Waals surface area contributed by atoms with E-state index in [0.29, 0.717) is 35.4 Å². The van der Waals surface area contributed by atoms with Gasteiger partial charge in [-0.3, -0.25) is 18.9 Å². The molecule has 1 aliphatic heterocycles. The van der Waals surface area contributed by atoms with Gasteiger partial charge in [-0.05, 0) is 39.0 Å². The predicted octanol–water partition coefficient (Wildman–Crippen LogP) is 0.668. The molecule has 0 amide bonds. The summed E-state index contributed by atoms with van der Waals surface area (Å²) in [5.74, 6) is 6.51. The second kappa shape index (κ2) is 12.3. The molecule has 0 radical (unpaired) electrons. The molecule has 10 heteroatoms. The van der Waals surface area contributed by atoms with Gasteiger partial charge in [0.15, 0.2) is 0 Å². The molecule has 40 heavy (non-hydrogen) atoms. The highest BCUT2D eigenvalue weighted by molar-refractivity contribution is 5.90. The van der Waals surface area contributed by atoms with Gasteiger partial charge < -0.3 is 14.8 Å². The van der Waals surface area contributed by atoms with Crippen LogP contribution in [0.3, 0.4) is 0 Å². The molecule has 1 aliphatic rings. The molecule has 0 bridgehead atoms. The normalized spacial score (nSPS) is 14.7. The van der Waals surface area contributed by atoms with Crippen LogP contribution in [-0.4, -0.2) is 44.9 Å². The summed E-state index contributed by atoms with van der Waals surface area (Å²) in [6.45, 7) is 8.37. The summed E-state index contributed by atoms with van der Waals surface area (Å²) >= 11 is 0. The third-order valence-electron chi connectivity index (χ3n) is 7.08. The molecule has 1 N–H and O–H groups in total. The Balaban J connectivity index is 2.04. The number of pyridine rings is 1. The molecule has 0 spiro atoms. The average Bonchev–Trinajstić information content (AvgIpc) is 3.09. The Morgan fingerprint density at radius 1 is 1.07 bits per heavy atom. The molecule has 204 valence electrons. The second-order valence-electron chi connectivity index (χ2n) is 9.39. The smallest absolute Gasteiger partial charge is 0.331 e. The highest BCUT2D eigenvalue weighted by Crippen LogP contribution is 2.30. The monoisotopic (exact) mass is 536 g/mol. The van der Waals surface area contributed by atoms with Crippen LogP contribution in [0.5, 0.6) is 0 Å². The minimum Gasteiger partial charge on any atom is -0.355 e. The zero-order valence-electron chi connectivity index (χ0n) is 23.3. The number of nitrogens with zero attached hydrogens (tertiary/aromatic N) is 7. The maximum absolute atomic E-state index is 14.1. The Morgan fingerprint density at radius 3 is 2.52 bits per heavy atom. The van der Waals surface area contributed by atoms with Gasteiger partial charge in [0.1, 0.15) is 29.0 Å². The Hall–Kier alpha value is -4.85. The van der Waals surface area contributed by atoms with E-state index in [1.165, 1.54) is 4.57 Å². The fourth-order valence-corrected chi connectivity index (χ4v) is 5.19. The van der Waals surface area contributed by atoms with Gasteiger partial charge in [0.25, 0.3) is 5.56 Å². The van der Waals surface area contributed by atoms with Crippen LogP contribution in [0.4, 0.5) is 5.82 Å². The van der Waals surface area contributed by atoms with Crippen LogP contribution in [0.15, 0.2) is 27.9 Å². The van der Waals surface area contributed by atoms with E-state index in [2.05, 4.69) is 39.2 Å². The molecular weight excluding hydrogens is 504 g/mol. The zero-order chi connectivity index (χ0) is 28.8. The lowest BCUT2D eigenvalue weighted by atomic mass is 10.1. The quantitative estimate of drug-likeness (QED) is 0.475. The number of aromatic nitrogens is 4. The number of hydrogen-bond donors (Lipinski definition) is 1. The van der Waals surface area contributed by atoms with E-state index >= 15 is 0 Å². The van der Waals surface area contributed by atoms with Gasteiger partial charge in [-0.2, -0.15) is 10.5 Å². The van der Waals surface area contributed by atoms with Crippen molar-refractivity contribution in [2.24, 2.45) is 7.05 Å². The first kappa shape index (κ1) is 28.2. The molecule has 1 saturated heterocycles. The highest BCUT2D eigenvalue weighted by Gasteiger charge is 2.28. The number of nitrogens with one attached hydrogen (secondary N) is 1. The van der Waals surface area contributed by atoms with E-state index in [9.17, 15) is 20.1 Å².